The van der Waals surface area contributed by atoms with E-state index in [0.29, 0.717) is 0 Å². The van der Waals surface area contributed by atoms with Crippen molar-refractivity contribution in [2.24, 2.45) is 4.99 Å². The van der Waals surface area contributed by atoms with Crippen molar-refractivity contribution in [3.63, 3.8) is 0 Å². The number of aliphatic imine (C=N–C) groups is 1. The Balaban J connectivity index is 2.13. The van der Waals surface area contributed by atoms with Gasteiger partial charge in [0.2, 0.25) is 0 Å². The normalized spacial score (nSPS) is 18.3. The minimum atomic E-state index is 0.248. The van der Waals surface area contributed by atoms with E-state index >= 15 is 0 Å². The highest BCUT2D eigenvalue weighted by molar-refractivity contribution is 6.30. The highest BCUT2D eigenvalue weighted by Gasteiger charge is 2.22. The Hall–Kier alpha value is -1.30. The van der Waals surface area contributed by atoms with Crippen LogP contribution in [0.4, 0.5) is 0 Å². The highest BCUT2D eigenvalue weighted by Crippen LogP contribution is 2.23. The molecule has 1 aliphatic rings. The lowest BCUT2D eigenvalue weighted by Crippen LogP contribution is -2.45. The molecule has 5 nitrogen and oxygen atoms in total. The molecule has 1 heterocycles. The number of halogens is 1. The zero-order chi connectivity index (χ0) is 15.1. The highest BCUT2D eigenvalue weighted by atomic mass is 35.5. The van der Waals surface area contributed by atoms with Gasteiger partial charge in [-0.25, -0.2) is 0 Å². The van der Waals surface area contributed by atoms with Crippen molar-refractivity contribution in [1.29, 1.82) is 0 Å². The van der Waals surface area contributed by atoms with E-state index in [9.17, 15) is 0 Å². The topological polar surface area (TPSA) is 48.9 Å². The summed E-state index contributed by atoms with van der Waals surface area (Å²) in [4.78, 5) is 6.58. The van der Waals surface area contributed by atoms with Crippen LogP contribution < -0.4 is 10.6 Å². The van der Waals surface area contributed by atoms with Gasteiger partial charge in [-0.3, -0.25) is 9.89 Å². The lowest BCUT2D eigenvalue weighted by molar-refractivity contribution is 0.0170. The number of nitrogens with zero attached hydrogens (tertiary/aromatic N) is 2. The third-order valence-electron chi connectivity index (χ3n) is 3.64. The van der Waals surface area contributed by atoms with Gasteiger partial charge in [0.05, 0.1) is 19.3 Å². The molecule has 0 aromatic heterocycles. The number of hydrogen-bond acceptors (Lipinski definition) is 3. The number of hydrogen-bond donors (Lipinski definition) is 2. The second kappa shape index (κ2) is 8.22. The summed E-state index contributed by atoms with van der Waals surface area (Å²) in [6.07, 6.45) is 0. The minimum Gasteiger partial charge on any atom is -0.379 e. The van der Waals surface area contributed by atoms with Gasteiger partial charge < -0.3 is 15.4 Å². The maximum absolute atomic E-state index is 6.15. The Labute approximate surface area is 131 Å². The molecular weight excluding hydrogens is 288 g/mol. The maximum Gasteiger partial charge on any atom is 0.190 e. The molecule has 2 N–H and O–H groups in total. The van der Waals surface area contributed by atoms with E-state index in [1.54, 1.807) is 7.05 Å². The van der Waals surface area contributed by atoms with Gasteiger partial charge in [0.15, 0.2) is 5.96 Å². The number of nitrogens with one attached hydrogen (secondary N) is 2. The van der Waals surface area contributed by atoms with Crippen LogP contribution in [0.15, 0.2) is 29.3 Å². The molecule has 116 valence electrons. The first kappa shape index (κ1) is 16.1. The Morgan fingerprint density at radius 2 is 2.19 bits per heavy atom. The number of morpholine rings is 1. The lowest BCUT2D eigenvalue weighted by Gasteiger charge is -2.35. The van der Waals surface area contributed by atoms with Crippen LogP contribution >= 0.6 is 11.6 Å². The van der Waals surface area contributed by atoms with E-state index in [1.165, 1.54) is 5.56 Å². The Bertz CT molecular complexity index is 474. The van der Waals surface area contributed by atoms with E-state index < -0.39 is 0 Å². The maximum atomic E-state index is 6.15. The van der Waals surface area contributed by atoms with Gasteiger partial charge in [-0.1, -0.05) is 23.7 Å². The van der Waals surface area contributed by atoms with E-state index in [-0.39, 0.29) is 6.04 Å². The molecule has 0 aliphatic carbocycles. The largest absolute Gasteiger partial charge is 0.379 e. The van der Waals surface area contributed by atoms with E-state index in [1.807, 2.05) is 25.2 Å². The summed E-state index contributed by atoms with van der Waals surface area (Å²) >= 11 is 6.15. The van der Waals surface area contributed by atoms with Crippen molar-refractivity contribution in [1.82, 2.24) is 15.5 Å². The first-order valence-corrected chi connectivity index (χ1v) is 7.58. The third kappa shape index (κ3) is 4.59. The summed E-state index contributed by atoms with van der Waals surface area (Å²) in [7, 11) is 3.63. The molecule has 1 aliphatic heterocycles. The zero-order valence-electron chi connectivity index (χ0n) is 12.6. The van der Waals surface area contributed by atoms with Gasteiger partial charge in [-0.2, -0.15) is 0 Å². The molecule has 1 aromatic rings. The van der Waals surface area contributed by atoms with Crippen molar-refractivity contribution < 1.29 is 4.74 Å². The summed E-state index contributed by atoms with van der Waals surface area (Å²) < 4.78 is 5.45. The molecule has 0 saturated carbocycles. The van der Waals surface area contributed by atoms with Crippen molar-refractivity contribution in [3.8, 4) is 0 Å². The predicted octanol–water partition coefficient (Wildman–Crippen LogP) is 1.51. The van der Waals surface area contributed by atoms with Gasteiger partial charge in [-0.05, 0) is 17.7 Å². The molecule has 0 bridgehead atoms. The molecule has 1 saturated heterocycles. The number of rotatable bonds is 4. The number of ether oxygens (including phenoxy) is 1. The summed E-state index contributed by atoms with van der Waals surface area (Å²) in [5.41, 5.74) is 1.21. The molecule has 0 radical (unpaired) electrons. The first-order chi connectivity index (χ1) is 10.2. The smallest absolute Gasteiger partial charge is 0.190 e. The van der Waals surface area contributed by atoms with Crippen molar-refractivity contribution >= 4 is 17.6 Å². The standard InChI is InChI=1S/C15H23ClN4O/c1-17-15(18-2)19-11-14(20-6-8-21-9-7-20)12-4-3-5-13(16)10-12/h3-5,10,14H,6-9,11H2,1-2H3,(H2,17,18,19)/t14-/m0/s1. The van der Waals surface area contributed by atoms with Crippen LogP contribution in [0.3, 0.4) is 0 Å². The second-order valence-electron chi connectivity index (χ2n) is 4.92. The molecule has 0 amide bonds. The Morgan fingerprint density at radius 3 is 2.81 bits per heavy atom. The van der Waals surface area contributed by atoms with Gasteiger partial charge in [0.25, 0.3) is 0 Å². The summed E-state index contributed by atoms with van der Waals surface area (Å²) in [6, 6.07) is 8.30. The van der Waals surface area contributed by atoms with Crippen LogP contribution in [0.1, 0.15) is 11.6 Å². The first-order valence-electron chi connectivity index (χ1n) is 7.20. The van der Waals surface area contributed by atoms with Crippen molar-refractivity contribution in [2.75, 3.05) is 46.9 Å². The molecule has 1 aromatic carbocycles. The van der Waals surface area contributed by atoms with E-state index in [4.69, 9.17) is 16.3 Å². The molecule has 0 unspecified atom stereocenters. The average Bonchev–Trinajstić information content (AvgIpc) is 2.52. The van der Waals surface area contributed by atoms with Crippen LogP contribution in [-0.4, -0.2) is 57.8 Å². The SMILES string of the molecule is CN=C(NC)NC[C@@H](c1cccc(Cl)c1)N1CCOCC1. The molecule has 21 heavy (non-hydrogen) atoms. The van der Waals surface area contributed by atoms with Crippen LogP contribution in [0.5, 0.6) is 0 Å². The third-order valence-corrected chi connectivity index (χ3v) is 3.88. The molecule has 1 fully saturated rings. The minimum absolute atomic E-state index is 0.248. The Kier molecular flexibility index (Phi) is 6.29. The quantitative estimate of drug-likeness (QED) is 0.654. The summed E-state index contributed by atoms with van der Waals surface area (Å²) in [5, 5.41) is 7.16. The van der Waals surface area contributed by atoms with E-state index in [2.05, 4.69) is 26.6 Å². The fraction of sp³-hybridized carbons (Fsp3) is 0.533. The fourth-order valence-electron chi connectivity index (χ4n) is 2.53. The predicted molar refractivity (Wildman–Crippen MR) is 87.0 cm³/mol. The number of benzene rings is 1. The lowest BCUT2D eigenvalue weighted by atomic mass is 10.0. The van der Waals surface area contributed by atoms with Crippen LogP contribution in [-0.2, 0) is 4.74 Å². The molecule has 1 atom stereocenters. The molecule has 0 spiro atoms. The van der Waals surface area contributed by atoms with Crippen LogP contribution in [0.25, 0.3) is 0 Å². The monoisotopic (exact) mass is 310 g/mol. The van der Waals surface area contributed by atoms with Gasteiger partial charge in [0.1, 0.15) is 0 Å². The average molecular weight is 311 g/mol. The van der Waals surface area contributed by atoms with Gasteiger partial charge in [-0.15, -0.1) is 0 Å². The van der Waals surface area contributed by atoms with E-state index in [0.717, 1.165) is 43.8 Å². The summed E-state index contributed by atoms with van der Waals surface area (Å²) in [6.45, 7) is 4.18. The Morgan fingerprint density at radius 1 is 1.43 bits per heavy atom. The van der Waals surface area contributed by atoms with Gasteiger partial charge >= 0.3 is 0 Å². The molecule has 6 heteroatoms. The van der Waals surface area contributed by atoms with Gasteiger partial charge in [0, 0.05) is 38.8 Å². The second-order valence-corrected chi connectivity index (χ2v) is 5.36. The van der Waals surface area contributed by atoms with Crippen molar-refractivity contribution in [2.45, 2.75) is 6.04 Å². The summed E-state index contributed by atoms with van der Waals surface area (Å²) in [5.74, 6) is 0.787. The molecular formula is C15H23ClN4O. The molecule has 2 rings (SSSR count). The van der Waals surface area contributed by atoms with Crippen LogP contribution in [0, 0.1) is 0 Å². The van der Waals surface area contributed by atoms with Crippen LogP contribution in [0.2, 0.25) is 5.02 Å². The fourth-order valence-corrected chi connectivity index (χ4v) is 2.73. The zero-order valence-corrected chi connectivity index (χ0v) is 13.4. The number of guanidine groups is 1. The van der Waals surface area contributed by atoms with Crippen molar-refractivity contribution in [3.05, 3.63) is 34.9 Å².